The Morgan fingerprint density at radius 1 is 1.44 bits per heavy atom. The van der Waals surface area contributed by atoms with Crippen LogP contribution in [0.2, 0.25) is 5.02 Å². The minimum Gasteiger partial charge on any atom is -0.358 e. The van der Waals surface area contributed by atoms with Crippen LogP contribution in [0.25, 0.3) is 6.08 Å². The van der Waals surface area contributed by atoms with Crippen molar-refractivity contribution in [3.05, 3.63) is 40.9 Å². The number of hydrogen-bond donors (Lipinski definition) is 0. The summed E-state index contributed by atoms with van der Waals surface area (Å²) < 4.78 is 5.25. The fourth-order valence-corrected chi connectivity index (χ4v) is 1.63. The van der Waals surface area contributed by atoms with Gasteiger partial charge in [0.2, 0.25) is 0 Å². The zero-order valence-corrected chi connectivity index (χ0v) is 9.99. The molecule has 0 aromatic heterocycles. The summed E-state index contributed by atoms with van der Waals surface area (Å²) in [4.78, 5) is 11.7. The van der Waals surface area contributed by atoms with Gasteiger partial charge < -0.3 is 4.74 Å². The summed E-state index contributed by atoms with van der Waals surface area (Å²) in [5.74, 6) is 0.00921. The first-order valence-corrected chi connectivity index (χ1v) is 5.56. The van der Waals surface area contributed by atoms with Crippen LogP contribution in [0.4, 0.5) is 0 Å². The Balaban J connectivity index is 2.05. The Bertz CT molecular complexity index is 436. The molecule has 1 aromatic rings. The van der Waals surface area contributed by atoms with Gasteiger partial charge in [-0.15, -0.1) is 0 Å². The van der Waals surface area contributed by atoms with E-state index in [9.17, 15) is 4.79 Å². The summed E-state index contributed by atoms with van der Waals surface area (Å²) in [6, 6.07) is 7.32. The zero-order chi connectivity index (χ0) is 11.8. The summed E-state index contributed by atoms with van der Waals surface area (Å²) in [6.45, 7) is 3.71. The lowest BCUT2D eigenvalue weighted by atomic mass is 10.0. The van der Waals surface area contributed by atoms with Crippen molar-refractivity contribution in [2.24, 2.45) is 0 Å². The quantitative estimate of drug-likeness (QED) is 0.596. The van der Waals surface area contributed by atoms with Crippen molar-refractivity contribution in [1.82, 2.24) is 0 Å². The van der Waals surface area contributed by atoms with E-state index in [1.54, 1.807) is 24.3 Å². The minimum absolute atomic E-state index is 0.00921. The molecule has 3 heteroatoms. The van der Waals surface area contributed by atoms with Crippen LogP contribution in [-0.4, -0.2) is 17.5 Å². The van der Waals surface area contributed by atoms with Crippen molar-refractivity contribution in [3.63, 3.8) is 0 Å². The van der Waals surface area contributed by atoms with E-state index in [0.29, 0.717) is 5.02 Å². The van der Waals surface area contributed by atoms with Gasteiger partial charge in [0.1, 0.15) is 0 Å². The van der Waals surface area contributed by atoms with E-state index in [-0.39, 0.29) is 11.9 Å². The van der Waals surface area contributed by atoms with E-state index >= 15 is 0 Å². The van der Waals surface area contributed by atoms with Crippen LogP contribution in [0.15, 0.2) is 30.3 Å². The van der Waals surface area contributed by atoms with Gasteiger partial charge in [-0.1, -0.05) is 29.8 Å². The molecule has 2 rings (SSSR count). The SMILES string of the molecule is C[C@H]1O[C@]1(C)C(=O)/C=C/c1ccc(Cl)cc1. The molecule has 0 spiro atoms. The molecule has 1 fully saturated rings. The second-order valence-corrected chi connectivity index (χ2v) is 4.55. The number of ketones is 1. The van der Waals surface area contributed by atoms with Crippen molar-refractivity contribution in [2.75, 3.05) is 0 Å². The maximum Gasteiger partial charge on any atom is 0.189 e. The first-order chi connectivity index (χ1) is 7.52. The smallest absolute Gasteiger partial charge is 0.189 e. The summed E-state index contributed by atoms with van der Waals surface area (Å²) in [5.41, 5.74) is 0.345. The molecule has 1 aliphatic rings. The van der Waals surface area contributed by atoms with Crippen molar-refractivity contribution in [2.45, 2.75) is 25.6 Å². The Kier molecular flexibility index (Phi) is 2.87. The molecule has 0 radical (unpaired) electrons. The Morgan fingerprint density at radius 2 is 2.00 bits per heavy atom. The molecular weight excluding hydrogens is 224 g/mol. The van der Waals surface area contributed by atoms with Crippen LogP contribution >= 0.6 is 11.6 Å². The van der Waals surface area contributed by atoms with Crippen LogP contribution in [0.1, 0.15) is 19.4 Å². The van der Waals surface area contributed by atoms with Gasteiger partial charge >= 0.3 is 0 Å². The molecule has 84 valence electrons. The van der Waals surface area contributed by atoms with E-state index in [1.165, 1.54) is 0 Å². The molecule has 16 heavy (non-hydrogen) atoms. The molecule has 0 unspecified atom stereocenters. The molecule has 0 aliphatic carbocycles. The maximum atomic E-state index is 11.7. The molecule has 1 saturated heterocycles. The van der Waals surface area contributed by atoms with Gasteiger partial charge in [0, 0.05) is 5.02 Å². The highest BCUT2D eigenvalue weighted by atomic mass is 35.5. The van der Waals surface area contributed by atoms with E-state index in [1.807, 2.05) is 26.0 Å². The monoisotopic (exact) mass is 236 g/mol. The maximum absolute atomic E-state index is 11.7. The standard InChI is InChI=1S/C13H13ClO2/c1-9-13(2,16-9)12(15)8-5-10-3-6-11(14)7-4-10/h3-9H,1-2H3/b8-5+/t9-,13+/m1/s1. The third-order valence-electron chi connectivity index (χ3n) is 2.93. The van der Waals surface area contributed by atoms with Crippen LogP contribution in [0.3, 0.4) is 0 Å². The predicted molar refractivity (Wildman–Crippen MR) is 64.4 cm³/mol. The molecule has 0 amide bonds. The molecule has 2 nitrogen and oxygen atoms in total. The lowest BCUT2D eigenvalue weighted by molar-refractivity contribution is -0.118. The van der Waals surface area contributed by atoms with Crippen molar-refractivity contribution in [1.29, 1.82) is 0 Å². The fraction of sp³-hybridized carbons (Fsp3) is 0.308. The number of carbonyl (C=O) groups excluding carboxylic acids is 1. The van der Waals surface area contributed by atoms with Gasteiger partial charge in [-0.3, -0.25) is 4.79 Å². The van der Waals surface area contributed by atoms with E-state index < -0.39 is 5.60 Å². The van der Waals surface area contributed by atoms with E-state index in [4.69, 9.17) is 16.3 Å². The summed E-state index contributed by atoms with van der Waals surface area (Å²) >= 11 is 5.77. The number of epoxide rings is 1. The lowest BCUT2D eigenvalue weighted by Crippen LogP contribution is -2.20. The van der Waals surface area contributed by atoms with Crippen LogP contribution in [0.5, 0.6) is 0 Å². The largest absolute Gasteiger partial charge is 0.358 e. The second-order valence-electron chi connectivity index (χ2n) is 4.12. The number of carbonyl (C=O) groups is 1. The van der Waals surface area contributed by atoms with Gasteiger partial charge in [0.15, 0.2) is 11.4 Å². The molecule has 1 heterocycles. The average Bonchev–Trinajstić information content (AvgIpc) is 2.87. The van der Waals surface area contributed by atoms with Crippen LogP contribution in [0, 0.1) is 0 Å². The average molecular weight is 237 g/mol. The number of rotatable bonds is 3. The van der Waals surface area contributed by atoms with Gasteiger partial charge in [-0.25, -0.2) is 0 Å². The molecule has 1 aliphatic heterocycles. The summed E-state index contributed by atoms with van der Waals surface area (Å²) in [5, 5.41) is 0.689. The first-order valence-electron chi connectivity index (χ1n) is 5.18. The third kappa shape index (κ3) is 2.18. The molecule has 0 N–H and O–H groups in total. The Labute approximate surface area is 99.9 Å². The van der Waals surface area contributed by atoms with Gasteiger partial charge in [0.25, 0.3) is 0 Å². The highest BCUT2D eigenvalue weighted by Gasteiger charge is 2.54. The van der Waals surface area contributed by atoms with Gasteiger partial charge in [-0.05, 0) is 37.6 Å². The Hall–Kier alpha value is -1.12. The summed E-state index contributed by atoms with van der Waals surface area (Å²) in [6.07, 6.45) is 3.36. The van der Waals surface area contributed by atoms with Crippen molar-refractivity contribution < 1.29 is 9.53 Å². The van der Waals surface area contributed by atoms with E-state index in [2.05, 4.69) is 0 Å². The number of hydrogen-bond acceptors (Lipinski definition) is 2. The predicted octanol–water partition coefficient (Wildman–Crippen LogP) is 3.10. The zero-order valence-electron chi connectivity index (χ0n) is 9.24. The topological polar surface area (TPSA) is 29.6 Å². The lowest BCUT2D eigenvalue weighted by Gasteiger charge is -1.99. The number of halogens is 1. The van der Waals surface area contributed by atoms with Crippen LogP contribution < -0.4 is 0 Å². The number of benzene rings is 1. The fourth-order valence-electron chi connectivity index (χ4n) is 1.50. The minimum atomic E-state index is -0.608. The Morgan fingerprint density at radius 3 is 2.50 bits per heavy atom. The highest BCUT2D eigenvalue weighted by molar-refractivity contribution is 6.30. The van der Waals surface area contributed by atoms with Gasteiger partial charge in [0.05, 0.1) is 6.10 Å². The van der Waals surface area contributed by atoms with Gasteiger partial charge in [-0.2, -0.15) is 0 Å². The molecule has 1 aromatic carbocycles. The molecular formula is C13H13ClO2. The molecule has 2 atom stereocenters. The van der Waals surface area contributed by atoms with Crippen molar-refractivity contribution >= 4 is 23.5 Å². The summed E-state index contributed by atoms with van der Waals surface area (Å²) in [7, 11) is 0. The second kappa shape index (κ2) is 4.04. The highest BCUT2D eigenvalue weighted by Crippen LogP contribution is 2.36. The van der Waals surface area contributed by atoms with E-state index in [0.717, 1.165) is 5.56 Å². The number of ether oxygens (including phenoxy) is 1. The normalized spacial score (nSPS) is 28.3. The molecule has 0 bridgehead atoms. The third-order valence-corrected chi connectivity index (χ3v) is 3.18. The van der Waals surface area contributed by atoms with Crippen molar-refractivity contribution in [3.8, 4) is 0 Å². The van der Waals surface area contributed by atoms with Crippen LogP contribution in [-0.2, 0) is 9.53 Å². The molecule has 0 saturated carbocycles. The first kappa shape index (κ1) is 11.4.